The van der Waals surface area contributed by atoms with Gasteiger partial charge in [-0.3, -0.25) is 4.79 Å². The summed E-state index contributed by atoms with van der Waals surface area (Å²) < 4.78 is 0. The zero-order chi connectivity index (χ0) is 10.2. The Labute approximate surface area is 80.6 Å². The van der Waals surface area contributed by atoms with E-state index in [1.807, 2.05) is 0 Å². The highest BCUT2D eigenvalue weighted by atomic mass is 35.5. The first-order valence-electron chi connectivity index (χ1n) is 3.67. The van der Waals surface area contributed by atoms with E-state index < -0.39 is 0 Å². The van der Waals surface area contributed by atoms with Gasteiger partial charge in [0.2, 0.25) is 0 Å². The first kappa shape index (κ1) is 9.86. The largest absolute Gasteiger partial charge is 0.504 e. The number of aromatic hydroxyl groups is 2. The molecule has 0 atom stereocenters. The van der Waals surface area contributed by atoms with Crippen LogP contribution < -0.4 is 0 Å². The fourth-order valence-electron chi connectivity index (χ4n) is 1.09. The van der Waals surface area contributed by atoms with Crippen molar-refractivity contribution in [2.45, 2.75) is 13.8 Å². The summed E-state index contributed by atoms with van der Waals surface area (Å²) in [5, 5.41) is 18.5. The Balaban J connectivity index is 3.50. The Morgan fingerprint density at radius 1 is 1.38 bits per heavy atom. The van der Waals surface area contributed by atoms with E-state index in [1.165, 1.54) is 13.0 Å². The van der Waals surface area contributed by atoms with Gasteiger partial charge in [-0.25, -0.2) is 0 Å². The molecule has 0 spiro atoms. The van der Waals surface area contributed by atoms with E-state index in [0.29, 0.717) is 11.1 Å². The highest BCUT2D eigenvalue weighted by Gasteiger charge is 2.14. The SMILES string of the molecule is CC(=O)c1cc(Cl)c(O)c(O)c1C. The van der Waals surface area contributed by atoms with Crippen LogP contribution in [-0.4, -0.2) is 16.0 Å². The lowest BCUT2D eigenvalue weighted by Gasteiger charge is -2.07. The van der Waals surface area contributed by atoms with Crippen LogP contribution in [0.5, 0.6) is 11.5 Å². The number of rotatable bonds is 1. The zero-order valence-corrected chi connectivity index (χ0v) is 8.01. The normalized spacial score (nSPS) is 10.1. The molecule has 0 fully saturated rings. The van der Waals surface area contributed by atoms with Gasteiger partial charge in [0.15, 0.2) is 17.3 Å². The van der Waals surface area contributed by atoms with Crippen LogP contribution in [-0.2, 0) is 0 Å². The summed E-state index contributed by atoms with van der Waals surface area (Å²) in [6, 6.07) is 1.34. The van der Waals surface area contributed by atoms with Crippen LogP contribution in [0.4, 0.5) is 0 Å². The van der Waals surface area contributed by atoms with Gasteiger partial charge in [0.25, 0.3) is 0 Å². The zero-order valence-electron chi connectivity index (χ0n) is 7.26. The van der Waals surface area contributed by atoms with Crippen molar-refractivity contribution in [3.63, 3.8) is 0 Å². The lowest BCUT2D eigenvalue weighted by molar-refractivity contribution is 0.101. The minimum Gasteiger partial charge on any atom is -0.504 e. The van der Waals surface area contributed by atoms with Gasteiger partial charge >= 0.3 is 0 Å². The van der Waals surface area contributed by atoms with Gasteiger partial charge in [0.1, 0.15) is 0 Å². The molecule has 70 valence electrons. The van der Waals surface area contributed by atoms with Crippen LogP contribution in [0.25, 0.3) is 0 Å². The monoisotopic (exact) mass is 200 g/mol. The predicted octanol–water partition coefficient (Wildman–Crippen LogP) is 2.26. The van der Waals surface area contributed by atoms with Crippen LogP contribution in [0.2, 0.25) is 5.02 Å². The maximum absolute atomic E-state index is 11.0. The summed E-state index contributed by atoms with van der Waals surface area (Å²) in [5.41, 5.74) is 0.662. The Morgan fingerprint density at radius 2 is 1.92 bits per heavy atom. The summed E-state index contributed by atoms with van der Waals surface area (Å²) in [5.74, 6) is -0.920. The van der Waals surface area contributed by atoms with Crippen molar-refractivity contribution in [3.8, 4) is 11.5 Å². The van der Waals surface area contributed by atoms with Crippen molar-refractivity contribution >= 4 is 17.4 Å². The van der Waals surface area contributed by atoms with E-state index >= 15 is 0 Å². The second-order valence-corrected chi connectivity index (χ2v) is 3.19. The Morgan fingerprint density at radius 3 is 2.38 bits per heavy atom. The van der Waals surface area contributed by atoms with Gasteiger partial charge in [-0.15, -0.1) is 0 Å². The van der Waals surface area contributed by atoms with E-state index in [-0.39, 0.29) is 22.3 Å². The van der Waals surface area contributed by atoms with Gasteiger partial charge in [-0.1, -0.05) is 11.6 Å². The molecule has 4 heteroatoms. The van der Waals surface area contributed by atoms with Crippen LogP contribution in [0.1, 0.15) is 22.8 Å². The molecule has 0 bridgehead atoms. The van der Waals surface area contributed by atoms with Gasteiger partial charge in [-0.05, 0) is 19.9 Å². The number of carbonyl (C=O) groups is 1. The van der Waals surface area contributed by atoms with Gasteiger partial charge in [0.05, 0.1) is 5.02 Å². The molecule has 1 aromatic carbocycles. The molecule has 2 N–H and O–H groups in total. The molecule has 3 nitrogen and oxygen atoms in total. The molecule has 0 aliphatic rings. The first-order valence-corrected chi connectivity index (χ1v) is 4.05. The second-order valence-electron chi connectivity index (χ2n) is 2.78. The third-order valence-corrected chi connectivity index (χ3v) is 2.15. The number of benzene rings is 1. The maximum Gasteiger partial charge on any atom is 0.176 e. The summed E-state index contributed by atoms with van der Waals surface area (Å²) in [6.45, 7) is 2.91. The van der Waals surface area contributed by atoms with Gasteiger partial charge in [-0.2, -0.15) is 0 Å². The van der Waals surface area contributed by atoms with E-state index in [0.717, 1.165) is 0 Å². The molecule has 13 heavy (non-hydrogen) atoms. The second kappa shape index (κ2) is 3.26. The summed E-state index contributed by atoms with van der Waals surface area (Å²) in [4.78, 5) is 11.0. The number of halogens is 1. The molecule has 0 aliphatic heterocycles. The molecule has 0 aromatic heterocycles. The van der Waals surface area contributed by atoms with Gasteiger partial charge < -0.3 is 10.2 Å². The Kier molecular flexibility index (Phi) is 2.48. The van der Waals surface area contributed by atoms with Crippen LogP contribution >= 0.6 is 11.6 Å². The minimum atomic E-state index is -0.385. The molecule has 0 radical (unpaired) electrons. The average Bonchev–Trinajstić information content (AvgIpc) is 2.07. The fourth-order valence-corrected chi connectivity index (χ4v) is 1.29. The topological polar surface area (TPSA) is 57.5 Å². The predicted molar refractivity (Wildman–Crippen MR) is 49.5 cm³/mol. The van der Waals surface area contributed by atoms with Crippen LogP contribution in [0, 0.1) is 6.92 Å². The summed E-state index contributed by atoms with van der Waals surface area (Å²) in [6.07, 6.45) is 0. The molecule has 0 unspecified atom stereocenters. The number of hydrogen-bond acceptors (Lipinski definition) is 3. The average molecular weight is 201 g/mol. The summed E-state index contributed by atoms with van der Waals surface area (Å²) >= 11 is 5.57. The van der Waals surface area contributed by atoms with Crippen molar-refractivity contribution in [2.75, 3.05) is 0 Å². The Hall–Kier alpha value is -1.22. The van der Waals surface area contributed by atoms with Gasteiger partial charge in [0, 0.05) is 11.1 Å². The molecule has 0 amide bonds. The molecule has 0 saturated carbocycles. The summed E-state index contributed by atoms with van der Waals surface area (Å²) in [7, 11) is 0. The van der Waals surface area contributed by atoms with E-state index in [2.05, 4.69) is 0 Å². The molecule has 0 aliphatic carbocycles. The van der Waals surface area contributed by atoms with Crippen molar-refractivity contribution < 1.29 is 15.0 Å². The highest BCUT2D eigenvalue weighted by Crippen LogP contribution is 2.37. The number of phenols is 2. The van der Waals surface area contributed by atoms with Crippen LogP contribution in [0.3, 0.4) is 0 Å². The van der Waals surface area contributed by atoms with E-state index in [1.54, 1.807) is 6.92 Å². The Bertz CT molecular complexity index is 372. The number of ketones is 1. The van der Waals surface area contributed by atoms with Crippen molar-refractivity contribution in [2.24, 2.45) is 0 Å². The fraction of sp³-hybridized carbons (Fsp3) is 0.222. The minimum absolute atomic E-state index is 0.0201. The smallest absolute Gasteiger partial charge is 0.176 e. The van der Waals surface area contributed by atoms with E-state index in [4.69, 9.17) is 11.6 Å². The number of phenolic OH excluding ortho intramolecular Hbond substituents is 2. The quantitative estimate of drug-likeness (QED) is 0.540. The maximum atomic E-state index is 11.0. The first-order chi connectivity index (χ1) is 5.95. The van der Waals surface area contributed by atoms with Crippen molar-refractivity contribution in [1.29, 1.82) is 0 Å². The lowest BCUT2D eigenvalue weighted by Crippen LogP contribution is -1.96. The third kappa shape index (κ3) is 1.60. The number of Topliss-reactive ketones (excluding diaryl/α,β-unsaturated/α-hetero) is 1. The molecular weight excluding hydrogens is 192 g/mol. The van der Waals surface area contributed by atoms with Crippen molar-refractivity contribution in [3.05, 3.63) is 22.2 Å². The molecule has 0 heterocycles. The molecular formula is C9H9ClO3. The number of carbonyl (C=O) groups excluding carboxylic acids is 1. The highest BCUT2D eigenvalue weighted by molar-refractivity contribution is 6.32. The molecule has 0 saturated heterocycles. The third-order valence-electron chi connectivity index (χ3n) is 1.86. The standard InChI is InChI=1S/C9H9ClO3/c1-4-6(5(2)11)3-7(10)9(13)8(4)12/h3,12-13H,1-2H3. The van der Waals surface area contributed by atoms with Crippen LogP contribution in [0.15, 0.2) is 6.07 Å². The van der Waals surface area contributed by atoms with E-state index in [9.17, 15) is 15.0 Å². The molecule has 1 aromatic rings. The van der Waals surface area contributed by atoms with Crippen molar-refractivity contribution in [1.82, 2.24) is 0 Å². The lowest BCUT2D eigenvalue weighted by atomic mass is 10.0. The number of hydrogen-bond donors (Lipinski definition) is 2. The molecule has 1 rings (SSSR count).